The highest BCUT2D eigenvalue weighted by atomic mass is 16.5. The zero-order valence-electron chi connectivity index (χ0n) is 23.1. The van der Waals surface area contributed by atoms with E-state index in [1.807, 2.05) is 91.0 Å². The Morgan fingerprint density at radius 1 is 0.775 bits per heavy atom. The lowest BCUT2D eigenvalue weighted by molar-refractivity contribution is -0.146. The maximum absolute atomic E-state index is 13.5. The minimum absolute atomic E-state index is 0.0641. The maximum atomic E-state index is 13.5. The topological polar surface area (TPSA) is 113 Å². The molecule has 3 rings (SSSR count). The number of alkyl carbamates (subject to hydrolysis) is 1. The third kappa shape index (κ3) is 9.97. The number of amides is 1. The summed E-state index contributed by atoms with van der Waals surface area (Å²) in [5.41, 5.74) is 2.66. The van der Waals surface area contributed by atoms with Gasteiger partial charge in [0, 0.05) is 12.3 Å². The molecule has 0 aliphatic rings. The first-order valence-electron chi connectivity index (χ1n) is 13.7. The molecule has 3 aromatic carbocycles. The van der Waals surface area contributed by atoms with Gasteiger partial charge in [-0.25, -0.2) is 4.79 Å². The number of aliphatic hydroxyl groups excluding tert-OH is 1. The first kappa shape index (κ1) is 30.6. The van der Waals surface area contributed by atoms with Gasteiger partial charge in [0.15, 0.2) is 0 Å². The summed E-state index contributed by atoms with van der Waals surface area (Å²) in [7, 11) is 0. The molecule has 0 aliphatic heterocycles. The number of hydrogen-bond acceptors (Lipinski definition) is 5. The molecule has 1 amide bonds. The first-order valence-corrected chi connectivity index (χ1v) is 13.7. The standard InChI is InChI=1S/C33H39NO6/c1-23(2)28(32(37)38)21-30(35)27(18-24-12-6-3-7-13-24)20-31(36)29(19-25-14-8-4-9-15-25)34-33(39)40-22-26-16-10-5-11-17-26/h3-17,23,27-29,31,36H,18-22H2,1-2H3,(H,34,39)(H,37,38). The number of carbonyl (C=O) groups excluding carboxylic acids is 2. The number of ether oxygens (including phenoxy) is 1. The summed E-state index contributed by atoms with van der Waals surface area (Å²) in [6, 6.07) is 27.5. The Hall–Kier alpha value is -3.97. The van der Waals surface area contributed by atoms with E-state index in [9.17, 15) is 24.6 Å². The van der Waals surface area contributed by atoms with Crippen LogP contribution in [0, 0.1) is 17.8 Å². The van der Waals surface area contributed by atoms with Crippen LogP contribution in [0.1, 0.15) is 43.4 Å². The van der Waals surface area contributed by atoms with Gasteiger partial charge in [-0.2, -0.15) is 0 Å². The summed E-state index contributed by atoms with van der Waals surface area (Å²) in [5, 5.41) is 23.9. The maximum Gasteiger partial charge on any atom is 0.407 e. The first-order chi connectivity index (χ1) is 19.2. The highest BCUT2D eigenvalue weighted by Gasteiger charge is 2.32. The average Bonchev–Trinajstić information content (AvgIpc) is 2.95. The van der Waals surface area contributed by atoms with Crippen molar-refractivity contribution in [2.24, 2.45) is 17.8 Å². The van der Waals surface area contributed by atoms with Crippen molar-refractivity contribution in [1.82, 2.24) is 5.32 Å². The van der Waals surface area contributed by atoms with Gasteiger partial charge in [-0.1, -0.05) is 105 Å². The minimum atomic E-state index is -1.08. The fourth-order valence-corrected chi connectivity index (χ4v) is 4.74. The molecule has 0 saturated heterocycles. The highest BCUT2D eigenvalue weighted by Crippen LogP contribution is 2.25. The number of aliphatic hydroxyl groups is 1. The lowest BCUT2D eigenvalue weighted by Crippen LogP contribution is -2.46. The Morgan fingerprint density at radius 2 is 1.27 bits per heavy atom. The molecule has 4 unspecified atom stereocenters. The molecule has 0 fully saturated rings. The van der Waals surface area contributed by atoms with Crippen LogP contribution in [0.2, 0.25) is 0 Å². The Labute approximate surface area is 236 Å². The number of carboxylic acid groups (broad SMARTS) is 1. The molecule has 212 valence electrons. The monoisotopic (exact) mass is 545 g/mol. The third-order valence-corrected chi connectivity index (χ3v) is 7.13. The number of ketones is 1. The van der Waals surface area contributed by atoms with Crippen LogP contribution in [-0.4, -0.2) is 40.2 Å². The molecule has 4 atom stereocenters. The number of benzene rings is 3. The number of rotatable bonds is 15. The van der Waals surface area contributed by atoms with Crippen molar-refractivity contribution in [2.45, 2.75) is 58.3 Å². The van der Waals surface area contributed by atoms with Gasteiger partial charge in [-0.3, -0.25) is 9.59 Å². The molecular weight excluding hydrogens is 506 g/mol. The predicted molar refractivity (Wildman–Crippen MR) is 154 cm³/mol. The third-order valence-electron chi connectivity index (χ3n) is 7.13. The Morgan fingerprint density at radius 3 is 1.77 bits per heavy atom. The molecule has 3 aromatic rings. The number of nitrogens with one attached hydrogen (secondary N) is 1. The predicted octanol–water partition coefficient (Wildman–Crippen LogP) is 5.45. The Kier molecular flexibility index (Phi) is 11.9. The van der Waals surface area contributed by atoms with Gasteiger partial charge in [-0.05, 0) is 41.9 Å². The molecule has 0 bridgehead atoms. The summed E-state index contributed by atoms with van der Waals surface area (Å²) in [4.78, 5) is 38.0. The largest absolute Gasteiger partial charge is 0.481 e. The summed E-state index contributed by atoms with van der Waals surface area (Å²) in [6.45, 7) is 3.66. The smallest absolute Gasteiger partial charge is 0.407 e. The number of carboxylic acids is 1. The van der Waals surface area contributed by atoms with Crippen molar-refractivity contribution in [2.75, 3.05) is 0 Å². The van der Waals surface area contributed by atoms with Crippen molar-refractivity contribution in [1.29, 1.82) is 0 Å². The van der Waals surface area contributed by atoms with Gasteiger partial charge in [0.1, 0.15) is 12.4 Å². The van der Waals surface area contributed by atoms with Crippen molar-refractivity contribution in [3.63, 3.8) is 0 Å². The quantitative estimate of drug-likeness (QED) is 0.234. The second kappa shape index (κ2) is 15.6. The van der Waals surface area contributed by atoms with E-state index in [2.05, 4.69) is 5.32 Å². The van der Waals surface area contributed by atoms with Crippen molar-refractivity contribution in [3.8, 4) is 0 Å². The Balaban J connectivity index is 1.78. The zero-order chi connectivity index (χ0) is 28.9. The molecule has 0 spiro atoms. The van der Waals surface area contributed by atoms with E-state index in [0.29, 0.717) is 12.8 Å². The van der Waals surface area contributed by atoms with Crippen LogP contribution in [0.4, 0.5) is 4.79 Å². The Bertz CT molecular complexity index is 1200. The van der Waals surface area contributed by atoms with Crippen LogP contribution < -0.4 is 5.32 Å². The summed E-state index contributed by atoms with van der Waals surface area (Å²) < 4.78 is 5.41. The molecule has 3 N–H and O–H groups in total. The molecule has 0 aliphatic carbocycles. The molecule has 7 heteroatoms. The van der Waals surface area contributed by atoms with Crippen molar-refractivity contribution in [3.05, 3.63) is 108 Å². The van der Waals surface area contributed by atoms with E-state index in [1.54, 1.807) is 13.8 Å². The van der Waals surface area contributed by atoms with Gasteiger partial charge in [-0.15, -0.1) is 0 Å². The normalized spacial score (nSPS) is 14.1. The molecule has 0 aromatic heterocycles. The molecule has 7 nitrogen and oxygen atoms in total. The molecule has 0 heterocycles. The van der Waals surface area contributed by atoms with Gasteiger partial charge >= 0.3 is 12.1 Å². The van der Waals surface area contributed by atoms with E-state index < -0.39 is 36.0 Å². The van der Waals surface area contributed by atoms with E-state index >= 15 is 0 Å². The molecule has 0 saturated carbocycles. The number of Topliss-reactive ketones (excluding diaryl/α,β-unsaturated/α-hetero) is 1. The summed E-state index contributed by atoms with van der Waals surface area (Å²) in [5.74, 6) is -2.87. The van der Waals surface area contributed by atoms with Crippen LogP contribution in [0.5, 0.6) is 0 Å². The van der Waals surface area contributed by atoms with Gasteiger partial charge < -0.3 is 20.3 Å². The molecule has 40 heavy (non-hydrogen) atoms. The van der Waals surface area contributed by atoms with Crippen LogP contribution in [0.3, 0.4) is 0 Å². The fraction of sp³-hybridized carbons (Fsp3) is 0.364. The van der Waals surface area contributed by atoms with Crippen molar-refractivity contribution < 1.29 is 29.3 Å². The van der Waals surface area contributed by atoms with E-state index in [4.69, 9.17) is 4.74 Å². The molecular formula is C33H39NO6. The number of hydrogen-bond donors (Lipinski definition) is 3. The summed E-state index contributed by atoms with van der Waals surface area (Å²) in [6.07, 6.45) is -1.11. The van der Waals surface area contributed by atoms with Gasteiger partial charge in [0.25, 0.3) is 0 Å². The van der Waals surface area contributed by atoms with E-state index in [0.717, 1.165) is 16.7 Å². The van der Waals surface area contributed by atoms with Crippen LogP contribution >= 0.6 is 0 Å². The van der Waals surface area contributed by atoms with E-state index in [1.165, 1.54) is 0 Å². The van der Waals surface area contributed by atoms with Gasteiger partial charge in [0.2, 0.25) is 0 Å². The van der Waals surface area contributed by atoms with Gasteiger partial charge in [0.05, 0.1) is 18.1 Å². The second-order valence-corrected chi connectivity index (χ2v) is 10.6. The SMILES string of the molecule is CC(C)C(CC(=O)C(Cc1ccccc1)CC(O)C(Cc1ccccc1)NC(=O)OCc1ccccc1)C(=O)O. The van der Waals surface area contributed by atoms with E-state index in [-0.39, 0.29) is 31.1 Å². The number of aliphatic carboxylic acids is 1. The number of carbonyl (C=O) groups is 3. The van der Waals surface area contributed by atoms with Crippen LogP contribution in [-0.2, 0) is 33.8 Å². The minimum Gasteiger partial charge on any atom is -0.481 e. The van der Waals surface area contributed by atoms with Crippen LogP contribution in [0.25, 0.3) is 0 Å². The zero-order valence-corrected chi connectivity index (χ0v) is 23.1. The molecule has 0 radical (unpaired) electrons. The lowest BCUT2D eigenvalue weighted by Gasteiger charge is -2.28. The average molecular weight is 546 g/mol. The lowest BCUT2D eigenvalue weighted by atomic mass is 9.81. The van der Waals surface area contributed by atoms with Crippen molar-refractivity contribution >= 4 is 17.8 Å². The highest BCUT2D eigenvalue weighted by molar-refractivity contribution is 5.86. The summed E-state index contributed by atoms with van der Waals surface area (Å²) >= 11 is 0. The second-order valence-electron chi connectivity index (χ2n) is 10.6. The fourth-order valence-electron chi connectivity index (χ4n) is 4.74. The van der Waals surface area contributed by atoms with Crippen LogP contribution in [0.15, 0.2) is 91.0 Å².